The molecule has 0 aliphatic heterocycles. The number of benzene rings is 2. The number of methoxy groups -OCH3 is 1. The van der Waals surface area contributed by atoms with Crippen LogP contribution < -0.4 is 10.5 Å². The number of hydrogen-bond acceptors (Lipinski definition) is 6. The maximum atomic E-state index is 12.1. The van der Waals surface area contributed by atoms with E-state index in [1.54, 1.807) is 18.2 Å². The first-order valence-electron chi connectivity index (χ1n) is 5.91. The predicted molar refractivity (Wildman–Crippen MR) is 76.4 cm³/mol. The lowest BCUT2D eigenvalue weighted by Gasteiger charge is -2.09. The highest BCUT2D eigenvalue weighted by atomic mass is 32.2. The number of nitrogen functional groups attached to an aromatic ring is 1. The van der Waals surface area contributed by atoms with Gasteiger partial charge in [0.1, 0.15) is 10.6 Å². The molecule has 0 radical (unpaired) electrons. The van der Waals surface area contributed by atoms with Crippen molar-refractivity contribution in [1.29, 1.82) is 0 Å². The van der Waals surface area contributed by atoms with E-state index < -0.39 is 16.1 Å². The fraction of sp³-hybridized carbons (Fsp3) is 0.0714. The molecule has 2 N–H and O–H groups in total. The first-order chi connectivity index (χ1) is 9.94. The van der Waals surface area contributed by atoms with Crippen LogP contribution in [-0.2, 0) is 14.3 Å². The average molecular weight is 307 g/mol. The van der Waals surface area contributed by atoms with Gasteiger partial charge < -0.3 is 14.7 Å². The second-order valence-electron chi connectivity index (χ2n) is 4.09. The summed E-state index contributed by atoms with van der Waals surface area (Å²) in [4.78, 5) is 11.5. The van der Waals surface area contributed by atoms with Gasteiger partial charge in [0.15, 0.2) is 0 Å². The zero-order chi connectivity index (χ0) is 15.5. The van der Waals surface area contributed by atoms with Gasteiger partial charge in [-0.3, -0.25) is 0 Å². The van der Waals surface area contributed by atoms with E-state index in [4.69, 9.17) is 10.5 Å². The molecular formula is C14H13NO5S. The van der Waals surface area contributed by atoms with Crippen molar-refractivity contribution in [2.45, 2.75) is 4.90 Å². The lowest BCUT2D eigenvalue weighted by molar-refractivity contribution is 0.0747. The quantitative estimate of drug-likeness (QED) is 0.684. The smallest absolute Gasteiger partial charge is 0.354 e. The van der Waals surface area contributed by atoms with Crippen molar-refractivity contribution in [3.63, 3.8) is 0 Å². The number of hydrogen-bond donors (Lipinski definition) is 1. The normalized spacial score (nSPS) is 10.9. The van der Waals surface area contributed by atoms with E-state index in [1.807, 2.05) is 0 Å². The molecule has 0 unspecified atom stereocenters. The Bertz CT molecular complexity index is 756. The van der Waals surface area contributed by atoms with Crippen LogP contribution in [0.5, 0.6) is 5.75 Å². The van der Waals surface area contributed by atoms with Gasteiger partial charge in [-0.05, 0) is 24.3 Å². The third kappa shape index (κ3) is 3.32. The molecule has 0 bridgehead atoms. The van der Waals surface area contributed by atoms with Crippen molar-refractivity contribution in [2.75, 3.05) is 12.8 Å². The molecule has 0 aliphatic carbocycles. The van der Waals surface area contributed by atoms with E-state index in [2.05, 4.69) is 4.18 Å². The van der Waals surface area contributed by atoms with Crippen molar-refractivity contribution in [2.24, 2.45) is 0 Å². The maximum Gasteiger partial charge on any atom is 0.354 e. The number of anilines is 1. The fourth-order valence-electron chi connectivity index (χ4n) is 1.63. The van der Waals surface area contributed by atoms with E-state index in [0.717, 1.165) is 0 Å². The Morgan fingerprint density at radius 3 is 2.38 bits per heavy atom. The number of nitrogens with two attached hydrogens (primary N) is 1. The van der Waals surface area contributed by atoms with Crippen molar-refractivity contribution in [3.05, 3.63) is 54.1 Å². The molecule has 0 amide bonds. The molecule has 2 aromatic rings. The Labute approximate surface area is 122 Å². The van der Waals surface area contributed by atoms with Gasteiger partial charge in [-0.1, -0.05) is 18.2 Å². The predicted octanol–water partition coefficient (Wildman–Crippen LogP) is 1.82. The van der Waals surface area contributed by atoms with E-state index in [9.17, 15) is 13.2 Å². The molecule has 0 spiro atoms. The highest BCUT2D eigenvalue weighted by molar-refractivity contribution is 7.87. The molecule has 0 atom stereocenters. The summed E-state index contributed by atoms with van der Waals surface area (Å²) in [6.07, 6.45) is 0. The maximum absolute atomic E-state index is 12.1. The van der Waals surface area contributed by atoms with Gasteiger partial charge in [-0.2, -0.15) is 8.42 Å². The van der Waals surface area contributed by atoms with Crippen LogP contribution in [0.2, 0.25) is 0 Å². The Hall–Kier alpha value is -2.54. The summed E-state index contributed by atoms with van der Waals surface area (Å²) < 4.78 is 33.8. The fourth-order valence-corrected chi connectivity index (χ4v) is 2.63. The first-order valence-corrected chi connectivity index (χ1v) is 7.32. The monoisotopic (exact) mass is 307 g/mol. The van der Waals surface area contributed by atoms with Crippen molar-refractivity contribution in [3.8, 4) is 5.75 Å². The van der Waals surface area contributed by atoms with Crippen LogP contribution in [0.1, 0.15) is 10.4 Å². The Morgan fingerprint density at radius 2 is 1.76 bits per heavy atom. The Balaban J connectivity index is 2.33. The standard InChI is InChI=1S/C14H13NO5S/c1-19-11-7-8-12(15)13(9-11)21(17,18)20-14(16)10-5-3-2-4-6-10/h2-9H,15H2,1H3. The van der Waals surface area contributed by atoms with Crippen LogP contribution >= 0.6 is 0 Å². The molecule has 6 nitrogen and oxygen atoms in total. The summed E-state index contributed by atoms with van der Waals surface area (Å²) in [6, 6.07) is 11.9. The molecule has 0 saturated heterocycles. The van der Waals surface area contributed by atoms with Crippen molar-refractivity contribution in [1.82, 2.24) is 0 Å². The average Bonchev–Trinajstić information content (AvgIpc) is 2.48. The Kier molecular flexibility index (Phi) is 4.13. The lowest BCUT2D eigenvalue weighted by Crippen LogP contribution is -2.15. The molecule has 0 aliphatic rings. The van der Waals surface area contributed by atoms with Gasteiger partial charge in [0.2, 0.25) is 0 Å². The van der Waals surface area contributed by atoms with Crippen LogP contribution in [-0.4, -0.2) is 21.5 Å². The zero-order valence-electron chi connectivity index (χ0n) is 11.1. The molecule has 0 aromatic heterocycles. The van der Waals surface area contributed by atoms with E-state index >= 15 is 0 Å². The first kappa shape index (κ1) is 14.9. The van der Waals surface area contributed by atoms with Crippen LogP contribution in [0.25, 0.3) is 0 Å². The molecular weight excluding hydrogens is 294 g/mol. The molecule has 2 rings (SSSR count). The Morgan fingerprint density at radius 1 is 1.10 bits per heavy atom. The van der Waals surface area contributed by atoms with Gasteiger partial charge in [-0.25, -0.2) is 4.79 Å². The van der Waals surface area contributed by atoms with Gasteiger partial charge >= 0.3 is 16.1 Å². The van der Waals surface area contributed by atoms with Crippen LogP contribution in [0, 0.1) is 0 Å². The summed E-state index contributed by atoms with van der Waals surface area (Å²) in [5.41, 5.74) is 5.72. The van der Waals surface area contributed by atoms with Crippen LogP contribution in [0.15, 0.2) is 53.4 Å². The second-order valence-corrected chi connectivity index (χ2v) is 5.61. The summed E-state index contributed by atoms with van der Waals surface area (Å²) in [5, 5.41) is 0. The molecule has 0 saturated carbocycles. The van der Waals surface area contributed by atoms with E-state index in [-0.39, 0.29) is 16.1 Å². The topological polar surface area (TPSA) is 95.7 Å². The minimum absolute atomic E-state index is 0.0309. The number of ether oxygens (including phenoxy) is 1. The largest absolute Gasteiger partial charge is 0.497 e. The lowest BCUT2D eigenvalue weighted by atomic mass is 10.2. The summed E-state index contributed by atoms with van der Waals surface area (Å²) >= 11 is 0. The van der Waals surface area contributed by atoms with Gasteiger partial charge in [-0.15, -0.1) is 0 Å². The van der Waals surface area contributed by atoms with Gasteiger partial charge in [0, 0.05) is 6.07 Å². The van der Waals surface area contributed by atoms with Gasteiger partial charge in [0.05, 0.1) is 18.4 Å². The zero-order valence-corrected chi connectivity index (χ0v) is 12.0. The molecule has 2 aromatic carbocycles. The molecule has 21 heavy (non-hydrogen) atoms. The molecule has 7 heteroatoms. The summed E-state index contributed by atoms with van der Waals surface area (Å²) in [5.74, 6) is -0.684. The van der Waals surface area contributed by atoms with Crippen molar-refractivity contribution < 1.29 is 22.1 Å². The van der Waals surface area contributed by atoms with Crippen LogP contribution in [0.4, 0.5) is 5.69 Å². The molecule has 110 valence electrons. The number of carbonyl (C=O) groups excluding carboxylic acids is 1. The van der Waals surface area contributed by atoms with Crippen LogP contribution in [0.3, 0.4) is 0 Å². The van der Waals surface area contributed by atoms with E-state index in [1.165, 1.54) is 37.4 Å². The number of rotatable bonds is 4. The van der Waals surface area contributed by atoms with Crippen molar-refractivity contribution >= 4 is 21.8 Å². The van der Waals surface area contributed by atoms with E-state index in [0.29, 0.717) is 5.75 Å². The highest BCUT2D eigenvalue weighted by Gasteiger charge is 2.24. The third-order valence-corrected chi connectivity index (χ3v) is 3.95. The minimum atomic E-state index is -4.33. The summed E-state index contributed by atoms with van der Waals surface area (Å²) in [7, 11) is -2.94. The highest BCUT2D eigenvalue weighted by Crippen LogP contribution is 2.26. The second kappa shape index (κ2) is 5.84. The number of carbonyl (C=O) groups is 1. The van der Waals surface area contributed by atoms with Gasteiger partial charge in [0.25, 0.3) is 0 Å². The minimum Gasteiger partial charge on any atom is -0.497 e. The SMILES string of the molecule is COc1ccc(N)c(S(=O)(=O)OC(=O)c2ccccc2)c1. The molecule has 0 heterocycles. The third-order valence-electron chi connectivity index (χ3n) is 2.68. The molecule has 0 fully saturated rings. The summed E-state index contributed by atoms with van der Waals surface area (Å²) in [6.45, 7) is 0.